The summed E-state index contributed by atoms with van der Waals surface area (Å²) in [5.41, 5.74) is 1.07. The van der Waals surface area contributed by atoms with Crippen molar-refractivity contribution in [1.82, 2.24) is 5.32 Å². The smallest absolute Gasteiger partial charge is 0.319 e. The highest BCUT2D eigenvalue weighted by molar-refractivity contribution is 5.93. The highest BCUT2D eigenvalue weighted by atomic mass is 16.3. The van der Waals surface area contributed by atoms with Gasteiger partial charge in [-0.1, -0.05) is 12.1 Å². The highest BCUT2D eigenvalue weighted by Crippen LogP contribution is 2.27. The molecule has 2 rings (SSSR count). The van der Waals surface area contributed by atoms with Crippen LogP contribution in [-0.4, -0.2) is 31.8 Å². The van der Waals surface area contributed by atoms with E-state index in [9.17, 15) is 9.90 Å². The van der Waals surface area contributed by atoms with Gasteiger partial charge in [-0.2, -0.15) is 0 Å². The Kier molecular flexibility index (Phi) is 5.19. The van der Waals surface area contributed by atoms with Gasteiger partial charge in [-0.25, -0.2) is 4.79 Å². The van der Waals surface area contributed by atoms with Gasteiger partial charge in [0.2, 0.25) is 0 Å². The summed E-state index contributed by atoms with van der Waals surface area (Å²) in [5.74, 6) is 1.38. The molecule has 2 aromatic rings. The van der Waals surface area contributed by atoms with Crippen LogP contribution in [0.5, 0.6) is 0 Å². The molecule has 0 radical (unpaired) electrons. The van der Waals surface area contributed by atoms with Crippen LogP contribution in [0, 0.1) is 13.8 Å². The molecular weight excluding hydrogens is 306 g/mol. The first-order chi connectivity index (χ1) is 11.2. The van der Waals surface area contributed by atoms with Gasteiger partial charge in [0.15, 0.2) is 0 Å². The van der Waals surface area contributed by atoms with E-state index in [0.29, 0.717) is 17.0 Å². The van der Waals surface area contributed by atoms with Gasteiger partial charge in [-0.05, 0) is 39.0 Å². The number of hydrogen-bond donors (Lipinski definition) is 3. The summed E-state index contributed by atoms with van der Waals surface area (Å²) < 4.78 is 5.45. The monoisotopic (exact) mass is 331 g/mol. The van der Waals surface area contributed by atoms with Crippen LogP contribution >= 0.6 is 0 Å². The topological polar surface area (TPSA) is 77.7 Å². The second-order valence-corrected chi connectivity index (χ2v) is 6.32. The number of para-hydroxylation sites is 2. The summed E-state index contributed by atoms with van der Waals surface area (Å²) in [7, 11) is 3.82. The van der Waals surface area contributed by atoms with E-state index in [1.165, 1.54) is 0 Å². The third-order valence-corrected chi connectivity index (χ3v) is 3.85. The van der Waals surface area contributed by atoms with E-state index in [-0.39, 0.29) is 12.6 Å². The quantitative estimate of drug-likeness (QED) is 0.787. The molecule has 1 heterocycles. The van der Waals surface area contributed by atoms with Crippen LogP contribution < -0.4 is 15.5 Å². The first-order valence-corrected chi connectivity index (χ1v) is 7.82. The average molecular weight is 331 g/mol. The second kappa shape index (κ2) is 6.97. The maximum absolute atomic E-state index is 12.2. The maximum atomic E-state index is 12.2. The van der Waals surface area contributed by atoms with E-state index in [1.54, 1.807) is 19.9 Å². The fourth-order valence-electron chi connectivity index (χ4n) is 2.65. The van der Waals surface area contributed by atoms with Crippen molar-refractivity contribution < 1.29 is 14.3 Å². The van der Waals surface area contributed by atoms with E-state index in [0.717, 1.165) is 11.4 Å². The SMILES string of the molecule is Cc1cc([C@](C)(O)CNC(=O)Nc2ccccc2N(C)C)c(C)o1. The van der Waals surface area contributed by atoms with Gasteiger partial charge in [-0.3, -0.25) is 0 Å². The van der Waals surface area contributed by atoms with Crippen LogP contribution in [0.4, 0.5) is 16.2 Å². The molecule has 0 fully saturated rings. The Bertz CT molecular complexity index is 720. The number of amides is 2. The summed E-state index contributed by atoms with van der Waals surface area (Å²) in [6.07, 6.45) is 0. The van der Waals surface area contributed by atoms with Crippen molar-refractivity contribution in [1.29, 1.82) is 0 Å². The van der Waals surface area contributed by atoms with Crippen molar-refractivity contribution in [3.05, 3.63) is 47.4 Å². The molecule has 3 N–H and O–H groups in total. The van der Waals surface area contributed by atoms with Gasteiger partial charge in [-0.15, -0.1) is 0 Å². The summed E-state index contributed by atoms with van der Waals surface area (Å²) >= 11 is 0. The van der Waals surface area contributed by atoms with Gasteiger partial charge >= 0.3 is 6.03 Å². The number of carbonyl (C=O) groups is 1. The van der Waals surface area contributed by atoms with Gasteiger partial charge < -0.3 is 25.1 Å². The van der Waals surface area contributed by atoms with Crippen molar-refractivity contribution in [2.24, 2.45) is 0 Å². The molecular formula is C18H25N3O3. The molecule has 0 spiro atoms. The first-order valence-electron chi connectivity index (χ1n) is 7.82. The van der Waals surface area contributed by atoms with E-state index in [4.69, 9.17) is 4.42 Å². The Morgan fingerprint density at radius 1 is 1.29 bits per heavy atom. The Hall–Kier alpha value is -2.47. The van der Waals surface area contributed by atoms with Crippen molar-refractivity contribution in [3.63, 3.8) is 0 Å². The molecule has 1 atom stereocenters. The number of furan rings is 1. The van der Waals surface area contributed by atoms with Crippen molar-refractivity contribution in [2.45, 2.75) is 26.4 Å². The Balaban J connectivity index is 2.02. The van der Waals surface area contributed by atoms with Crippen LogP contribution in [0.25, 0.3) is 0 Å². The standard InChI is InChI=1S/C18H25N3O3/c1-12-10-14(13(2)24-12)18(3,23)11-19-17(22)20-15-8-6-7-9-16(15)21(4)5/h6-10,23H,11H2,1-5H3,(H2,19,20,22)/t18-/m1/s1. The third kappa shape index (κ3) is 4.08. The number of benzene rings is 1. The molecule has 0 unspecified atom stereocenters. The van der Waals surface area contributed by atoms with E-state index < -0.39 is 5.60 Å². The molecule has 2 amide bonds. The Morgan fingerprint density at radius 2 is 1.96 bits per heavy atom. The number of aryl methyl sites for hydroxylation is 2. The van der Waals surface area contributed by atoms with Crippen LogP contribution in [0.1, 0.15) is 24.0 Å². The lowest BCUT2D eigenvalue weighted by Gasteiger charge is -2.24. The average Bonchev–Trinajstić information content (AvgIpc) is 2.85. The fourth-order valence-corrected chi connectivity index (χ4v) is 2.65. The van der Waals surface area contributed by atoms with E-state index in [1.807, 2.05) is 50.2 Å². The lowest BCUT2D eigenvalue weighted by molar-refractivity contribution is 0.0584. The molecule has 1 aromatic heterocycles. The number of urea groups is 1. The lowest BCUT2D eigenvalue weighted by Crippen LogP contribution is -2.40. The molecule has 6 nitrogen and oxygen atoms in total. The van der Waals surface area contributed by atoms with Gasteiger partial charge in [0.1, 0.15) is 17.1 Å². The summed E-state index contributed by atoms with van der Waals surface area (Å²) in [6.45, 7) is 5.34. The minimum Gasteiger partial charge on any atom is -0.466 e. The van der Waals surface area contributed by atoms with E-state index >= 15 is 0 Å². The molecule has 0 aliphatic rings. The number of carbonyl (C=O) groups excluding carboxylic acids is 1. The van der Waals surface area contributed by atoms with E-state index in [2.05, 4.69) is 10.6 Å². The molecule has 0 aliphatic carbocycles. The zero-order valence-corrected chi connectivity index (χ0v) is 14.8. The lowest BCUT2D eigenvalue weighted by atomic mass is 9.96. The van der Waals surface area contributed by atoms with Gasteiger partial charge in [0.05, 0.1) is 17.9 Å². The summed E-state index contributed by atoms with van der Waals surface area (Å²) in [4.78, 5) is 14.1. The van der Waals surface area contributed by atoms with Gasteiger partial charge in [0, 0.05) is 19.7 Å². The number of nitrogens with zero attached hydrogens (tertiary/aromatic N) is 1. The Morgan fingerprint density at radius 3 is 2.54 bits per heavy atom. The molecule has 0 saturated carbocycles. The zero-order chi connectivity index (χ0) is 17.9. The number of anilines is 2. The van der Waals surface area contributed by atoms with Crippen LogP contribution in [0.2, 0.25) is 0 Å². The first kappa shape index (κ1) is 17.9. The minimum atomic E-state index is -1.21. The van der Waals surface area contributed by atoms with Gasteiger partial charge in [0.25, 0.3) is 0 Å². The number of rotatable bonds is 5. The normalized spacial score (nSPS) is 13.2. The summed E-state index contributed by atoms with van der Waals surface area (Å²) in [6, 6.07) is 8.93. The molecule has 24 heavy (non-hydrogen) atoms. The molecule has 0 saturated heterocycles. The predicted octanol–water partition coefficient (Wildman–Crippen LogP) is 2.99. The van der Waals surface area contributed by atoms with Crippen molar-refractivity contribution in [3.8, 4) is 0 Å². The number of hydrogen-bond acceptors (Lipinski definition) is 4. The van der Waals surface area contributed by atoms with Crippen LogP contribution in [0.15, 0.2) is 34.7 Å². The second-order valence-electron chi connectivity index (χ2n) is 6.32. The molecule has 0 bridgehead atoms. The molecule has 130 valence electrons. The van der Waals surface area contributed by atoms with Crippen molar-refractivity contribution >= 4 is 17.4 Å². The Labute approximate surface area is 142 Å². The minimum absolute atomic E-state index is 0.0722. The van der Waals surface area contributed by atoms with Crippen LogP contribution in [-0.2, 0) is 5.60 Å². The number of nitrogens with one attached hydrogen (secondary N) is 2. The summed E-state index contributed by atoms with van der Waals surface area (Å²) in [5, 5.41) is 16.1. The predicted molar refractivity (Wildman–Crippen MR) is 95.5 cm³/mol. The fraction of sp³-hybridized carbons (Fsp3) is 0.389. The molecule has 1 aromatic carbocycles. The molecule has 6 heteroatoms. The largest absolute Gasteiger partial charge is 0.466 e. The number of aliphatic hydroxyl groups is 1. The zero-order valence-electron chi connectivity index (χ0n) is 14.8. The van der Waals surface area contributed by atoms with Crippen LogP contribution in [0.3, 0.4) is 0 Å². The van der Waals surface area contributed by atoms with Crippen molar-refractivity contribution in [2.75, 3.05) is 30.9 Å². The third-order valence-electron chi connectivity index (χ3n) is 3.85. The highest BCUT2D eigenvalue weighted by Gasteiger charge is 2.28. The molecule has 0 aliphatic heterocycles. The maximum Gasteiger partial charge on any atom is 0.319 e.